The number of benzene rings is 1. The molecule has 1 aromatic rings. The number of hydrogen-bond donors (Lipinski definition) is 2. The highest BCUT2D eigenvalue weighted by Gasteiger charge is 2.51. The van der Waals surface area contributed by atoms with Gasteiger partial charge in [0.25, 0.3) is 5.91 Å². The fourth-order valence-corrected chi connectivity index (χ4v) is 7.35. The first kappa shape index (κ1) is 27.8. The quantitative estimate of drug-likeness (QED) is 0.386. The summed E-state index contributed by atoms with van der Waals surface area (Å²) >= 11 is 0. The molecule has 4 atom stereocenters. The van der Waals surface area contributed by atoms with E-state index in [1.807, 2.05) is 6.92 Å². The summed E-state index contributed by atoms with van der Waals surface area (Å²) in [5.41, 5.74) is 0.236. The van der Waals surface area contributed by atoms with Crippen molar-refractivity contribution in [2.24, 2.45) is 33.8 Å². The molecule has 9 heteroatoms. The summed E-state index contributed by atoms with van der Waals surface area (Å²) < 4.78 is 26.4. The number of nitroso groups, excluding NO2 is 1. The molecule has 0 aliphatic heterocycles. The number of halogens is 1. The van der Waals surface area contributed by atoms with Crippen LogP contribution in [0.3, 0.4) is 0 Å². The molecule has 2 N–H and O–H groups in total. The van der Waals surface area contributed by atoms with Gasteiger partial charge in [0.1, 0.15) is 5.75 Å². The Hall–Kier alpha value is -2.71. The first-order valence-corrected chi connectivity index (χ1v) is 14.6. The highest BCUT2D eigenvalue weighted by Crippen LogP contribution is 2.49. The standard InChI is InChI=1S/C30H42FN3O5/c1-29(9-4-10-29)16-32-28(36)25-18-5-6-19(13-18)26(25)34-27(35)21-14-24(22(31)15-23(21)38-3)39-20-7-11-30(2,12-8-20)17-33-37/h14-15,18-20,25-26H,4-13,16-17H2,1-3H3,(H,32,36)(H,34,35)/t18-,19+,20-,25-,26+,30+/m0/s1. The molecule has 0 radical (unpaired) electrons. The predicted octanol–water partition coefficient (Wildman–Crippen LogP) is 5.38. The summed E-state index contributed by atoms with van der Waals surface area (Å²) in [6, 6.07) is 2.36. The lowest BCUT2D eigenvalue weighted by atomic mass is 9.70. The number of methoxy groups -OCH3 is 1. The van der Waals surface area contributed by atoms with Crippen LogP contribution in [-0.2, 0) is 4.79 Å². The zero-order valence-electron chi connectivity index (χ0n) is 23.4. The van der Waals surface area contributed by atoms with E-state index in [9.17, 15) is 18.9 Å². The van der Waals surface area contributed by atoms with Crippen molar-refractivity contribution in [3.8, 4) is 11.5 Å². The summed E-state index contributed by atoms with van der Waals surface area (Å²) in [5.74, 6) is -0.518. The van der Waals surface area contributed by atoms with Gasteiger partial charge in [0.15, 0.2) is 11.6 Å². The lowest BCUT2D eigenvalue weighted by Gasteiger charge is -2.39. The Kier molecular flexibility index (Phi) is 7.89. The third kappa shape index (κ3) is 5.78. The maximum Gasteiger partial charge on any atom is 0.255 e. The monoisotopic (exact) mass is 543 g/mol. The van der Waals surface area contributed by atoms with Crippen LogP contribution < -0.4 is 20.1 Å². The van der Waals surface area contributed by atoms with Crippen LogP contribution in [0.25, 0.3) is 0 Å². The molecule has 39 heavy (non-hydrogen) atoms. The smallest absolute Gasteiger partial charge is 0.255 e. The molecule has 4 saturated carbocycles. The van der Waals surface area contributed by atoms with Crippen molar-refractivity contribution in [1.29, 1.82) is 0 Å². The van der Waals surface area contributed by atoms with Crippen LogP contribution in [0.15, 0.2) is 17.3 Å². The van der Waals surface area contributed by atoms with Crippen LogP contribution in [0.1, 0.15) is 88.4 Å². The van der Waals surface area contributed by atoms with Crippen LogP contribution in [0, 0.1) is 39.3 Å². The molecule has 1 aromatic carbocycles. The summed E-state index contributed by atoms with van der Waals surface area (Å²) in [4.78, 5) is 37.6. The van der Waals surface area contributed by atoms with Gasteiger partial charge in [0.05, 0.1) is 31.2 Å². The van der Waals surface area contributed by atoms with E-state index in [1.54, 1.807) is 0 Å². The normalized spacial score (nSPS) is 32.7. The number of carbonyl (C=O) groups excluding carboxylic acids is 2. The fraction of sp³-hybridized carbons (Fsp3) is 0.733. The first-order valence-electron chi connectivity index (χ1n) is 14.6. The van der Waals surface area contributed by atoms with Gasteiger partial charge in [-0.1, -0.05) is 25.4 Å². The van der Waals surface area contributed by atoms with Crippen molar-refractivity contribution >= 4 is 11.8 Å². The van der Waals surface area contributed by atoms with Gasteiger partial charge in [-0.05, 0) is 86.5 Å². The first-order chi connectivity index (χ1) is 18.6. The molecule has 8 nitrogen and oxygen atoms in total. The molecule has 0 unspecified atom stereocenters. The molecule has 2 bridgehead atoms. The van der Waals surface area contributed by atoms with Gasteiger partial charge in [0, 0.05) is 18.7 Å². The van der Waals surface area contributed by atoms with E-state index in [-0.39, 0.29) is 76.2 Å². The molecule has 4 fully saturated rings. The Bertz CT molecular complexity index is 1100. The second-order valence-electron chi connectivity index (χ2n) is 13.1. The minimum Gasteiger partial charge on any atom is -0.496 e. The Balaban J connectivity index is 1.27. The lowest BCUT2D eigenvalue weighted by molar-refractivity contribution is -0.128. The van der Waals surface area contributed by atoms with Crippen molar-refractivity contribution in [3.05, 3.63) is 28.4 Å². The number of ether oxygens (including phenoxy) is 2. The van der Waals surface area contributed by atoms with Gasteiger partial charge in [-0.25, -0.2) is 4.39 Å². The second-order valence-corrected chi connectivity index (χ2v) is 13.1. The number of fused-ring (bicyclic) bond motifs is 2. The molecule has 214 valence electrons. The lowest BCUT2D eigenvalue weighted by Crippen LogP contribution is -2.51. The zero-order chi connectivity index (χ0) is 27.8. The molecule has 2 amide bonds. The van der Waals surface area contributed by atoms with Gasteiger partial charge >= 0.3 is 0 Å². The van der Waals surface area contributed by atoms with Crippen molar-refractivity contribution in [2.75, 3.05) is 20.2 Å². The number of amides is 2. The minimum absolute atomic E-state index is 0.0130. The van der Waals surface area contributed by atoms with Crippen LogP contribution in [0.5, 0.6) is 11.5 Å². The Morgan fingerprint density at radius 2 is 1.74 bits per heavy atom. The van der Waals surface area contributed by atoms with E-state index in [2.05, 4.69) is 22.7 Å². The number of nitrogens with one attached hydrogen (secondary N) is 2. The van der Waals surface area contributed by atoms with Crippen molar-refractivity contribution in [3.63, 3.8) is 0 Å². The molecule has 0 saturated heterocycles. The summed E-state index contributed by atoms with van der Waals surface area (Å²) in [6.45, 7) is 5.20. The third-order valence-corrected chi connectivity index (χ3v) is 10.1. The van der Waals surface area contributed by atoms with Gasteiger partial charge in [-0.3, -0.25) is 9.59 Å². The van der Waals surface area contributed by atoms with E-state index in [4.69, 9.17) is 9.47 Å². The average Bonchev–Trinajstić information content (AvgIpc) is 3.50. The Morgan fingerprint density at radius 1 is 1.03 bits per heavy atom. The number of nitrogens with zero attached hydrogens (tertiary/aromatic N) is 1. The Labute approximate surface area is 230 Å². The SMILES string of the molecule is COc1cc(F)c(O[C@H]2CC[C@@](C)(CN=O)CC2)cc1C(=O)N[C@@H]1[C@@H]2CC[C@@H](C2)[C@@H]1C(=O)NCC1(C)CCC1. The van der Waals surface area contributed by atoms with Crippen molar-refractivity contribution in [1.82, 2.24) is 10.6 Å². The number of rotatable bonds is 10. The molecule has 0 aromatic heterocycles. The molecular formula is C30H42FN3O5. The maximum absolute atomic E-state index is 15.0. The van der Waals surface area contributed by atoms with Gasteiger partial charge in [0.2, 0.25) is 5.91 Å². The zero-order valence-corrected chi connectivity index (χ0v) is 23.4. The summed E-state index contributed by atoms with van der Waals surface area (Å²) in [7, 11) is 1.41. The topological polar surface area (TPSA) is 106 Å². The molecule has 4 aliphatic rings. The molecule has 0 heterocycles. The Morgan fingerprint density at radius 3 is 2.38 bits per heavy atom. The van der Waals surface area contributed by atoms with E-state index in [1.165, 1.54) is 25.7 Å². The van der Waals surface area contributed by atoms with E-state index >= 15 is 0 Å². The predicted molar refractivity (Wildman–Crippen MR) is 145 cm³/mol. The van der Waals surface area contributed by atoms with Crippen LogP contribution in [-0.4, -0.2) is 44.2 Å². The van der Waals surface area contributed by atoms with Gasteiger partial charge in [-0.15, -0.1) is 0 Å². The van der Waals surface area contributed by atoms with E-state index < -0.39 is 5.82 Å². The van der Waals surface area contributed by atoms with Gasteiger partial charge in [-0.2, -0.15) is 4.91 Å². The van der Waals surface area contributed by atoms with Crippen LogP contribution in [0.4, 0.5) is 4.39 Å². The largest absolute Gasteiger partial charge is 0.496 e. The minimum atomic E-state index is -0.590. The fourth-order valence-electron chi connectivity index (χ4n) is 7.35. The number of hydrogen-bond acceptors (Lipinski definition) is 6. The molecular weight excluding hydrogens is 501 g/mol. The third-order valence-electron chi connectivity index (χ3n) is 10.1. The van der Waals surface area contributed by atoms with Crippen molar-refractivity contribution in [2.45, 2.75) is 90.2 Å². The number of carbonyl (C=O) groups is 2. The van der Waals surface area contributed by atoms with Crippen LogP contribution in [0.2, 0.25) is 0 Å². The van der Waals surface area contributed by atoms with Crippen molar-refractivity contribution < 1.29 is 23.5 Å². The highest BCUT2D eigenvalue weighted by atomic mass is 19.1. The van der Waals surface area contributed by atoms with Gasteiger partial charge < -0.3 is 20.1 Å². The van der Waals surface area contributed by atoms with E-state index in [0.717, 1.165) is 44.9 Å². The maximum atomic E-state index is 15.0. The van der Waals surface area contributed by atoms with Crippen LogP contribution >= 0.6 is 0 Å². The second kappa shape index (κ2) is 11.0. The summed E-state index contributed by atoms with van der Waals surface area (Å²) in [6.07, 6.45) is 9.10. The molecule has 0 spiro atoms. The highest BCUT2D eigenvalue weighted by molar-refractivity contribution is 5.98. The summed E-state index contributed by atoms with van der Waals surface area (Å²) in [5, 5.41) is 9.39. The molecule has 5 rings (SSSR count). The van der Waals surface area contributed by atoms with E-state index in [0.29, 0.717) is 19.4 Å². The average molecular weight is 544 g/mol. The molecule has 4 aliphatic carbocycles.